The van der Waals surface area contributed by atoms with E-state index in [0.29, 0.717) is 23.6 Å². The highest BCUT2D eigenvalue weighted by Gasteiger charge is 2.45. The lowest BCUT2D eigenvalue weighted by molar-refractivity contribution is -0.154. The summed E-state index contributed by atoms with van der Waals surface area (Å²) in [5.74, 6) is -1.75. The van der Waals surface area contributed by atoms with Crippen LogP contribution in [-0.4, -0.2) is 76.3 Å². The van der Waals surface area contributed by atoms with E-state index in [4.69, 9.17) is 16.3 Å². The standard InChI is InChI=1S/C29H33ClF3N7O4/c1-40(2)16-4-3-5-22(24(42)43)35-23(41)18-6-12-21(13-7-18)34-25-36-26(38-27(37-25)44-17-29(31,32)33)39-28(14-15-28)19-8-10-20(30)11-9-19/h6-13,22H,3-5,14-17H2,1-2H3,(H,35,41)(H,42,43)(H2,34,36,37,38,39)/t22-/m0/s1. The summed E-state index contributed by atoms with van der Waals surface area (Å²) < 4.78 is 43.4. The summed E-state index contributed by atoms with van der Waals surface area (Å²) in [4.78, 5) is 38.7. The number of halogens is 4. The van der Waals surface area contributed by atoms with Crippen LogP contribution in [0.1, 0.15) is 48.0 Å². The lowest BCUT2D eigenvalue weighted by Crippen LogP contribution is -2.40. The van der Waals surface area contributed by atoms with Crippen LogP contribution in [0.4, 0.5) is 30.8 Å². The number of amides is 1. The maximum atomic E-state index is 12.9. The van der Waals surface area contributed by atoms with Crippen LogP contribution >= 0.6 is 11.6 Å². The molecule has 2 aromatic carbocycles. The van der Waals surface area contributed by atoms with Gasteiger partial charge in [0.1, 0.15) is 6.04 Å². The highest BCUT2D eigenvalue weighted by atomic mass is 35.5. The number of aromatic nitrogens is 3. The third-order valence-electron chi connectivity index (χ3n) is 6.83. The molecule has 0 bridgehead atoms. The Morgan fingerprint density at radius 2 is 1.68 bits per heavy atom. The van der Waals surface area contributed by atoms with Gasteiger partial charge in [0.05, 0.1) is 5.54 Å². The Morgan fingerprint density at radius 1 is 1.02 bits per heavy atom. The van der Waals surface area contributed by atoms with E-state index in [1.54, 1.807) is 12.1 Å². The molecule has 0 aliphatic heterocycles. The molecule has 11 nitrogen and oxygen atoms in total. The second kappa shape index (κ2) is 14.1. The Balaban J connectivity index is 1.46. The van der Waals surface area contributed by atoms with Crippen molar-refractivity contribution in [3.63, 3.8) is 0 Å². The summed E-state index contributed by atoms with van der Waals surface area (Å²) in [6, 6.07) is 11.6. The van der Waals surface area contributed by atoms with E-state index in [-0.39, 0.29) is 17.5 Å². The van der Waals surface area contributed by atoms with Crippen molar-refractivity contribution in [3.05, 3.63) is 64.7 Å². The van der Waals surface area contributed by atoms with E-state index >= 15 is 0 Å². The molecular formula is C29H33ClF3N7O4. The predicted octanol–water partition coefficient (Wildman–Crippen LogP) is 5.23. The van der Waals surface area contributed by atoms with Crippen LogP contribution in [0.25, 0.3) is 0 Å². The van der Waals surface area contributed by atoms with Crippen LogP contribution in [0.2, 0.25) is 5.02 Å². The van der Waals surface area contributed by atoms with Crippen molar-refractivity contribution in [3.8, 4) is 6.01 Å². The van der Waals surface area contributed by atoms with Gasteiger partial charge in [-0.15, -0.1) is 0 Å². The van der Waals surface area contributed by atoms with Crippen molar-refractivity contribution >= 4 is 41.1 Å². The molecule has 1 atom stereocenters. The SMILES string of the molecule is CN(C)CCCC[C@H](NC(=O)c1ccc(Nc2nc(NC3(c4ccc(Cl)cc4)CC3)nc(OCC(F)(F)F)n2)cc1)C(=O)O. The molecule has 4 N–H and O–H groups in total. The number of rotatable bonds is 15. The van der Waals surface area contributed by atoms with Gasteiger partial charge >= 0.3 is 18.2 Å². The fourth-order valence-electron chi connectivity index (χ4n) is 4.38. The molecule has 236 valence electrons. The van der Waals surface area contributed by atoms with Gasteiger partial charge in [0.15, 0.2) is 6.61 Å². The van der Waals surface area contributed by atoms with E-state index in [1.807, 2.05) is 31.1 Å². The Hall–Kier alpha value is -4.17. The van der Waals surface area contributed by atoms with Gasteiger partial charge in [-0.1, -0.05) is 23.7 Å². The molecule has 1 fully saturated rings. The third kappa shape index (κ3) is 9.67. The molecule has 15 heteroatoms. The number of carbonyl (C=O) groups is 2. The van der Waals surface area contributed by atoms with Gasteiger partial charge in [-0.25, -0.2) is 4.79 Å². The number of hydrogen-bond acceptors (Lipinski definition) is 9. The van der Waals surface area contributed by atoms with Crippen molar-refractivity contribution in [1.29, 1.82) is 0 Å². The Labute approximate surface area is 257 Å². The molecule has 3 aromatic rings. The van der Waals surface area contributed by atoms with Crippen molar-refractivity contribution < 1.29 is 32.6 Å². The molecule has 0 unspecified atom stereocenters. The van der Waals surface area contributed by atoms with Gasteiger partial charge in [0, 0.05) is 16.3 Å². The molecular weight excluding hydrogens is 603 g/mol. The topological polar surface area (TPSA) is 142 Å². The summed E-state index contributed by atoms with van der Waals surface area (Å²) in [7, 11) is 3.86. The Kier molecular flexibility index (Phi) is 10.5. The number of ether oxygens (including phenoxy) is 1. The van der Waals surface area contributed by atoms with Crippen LogP contribution in [0.15, 0.2) is 48.5 Å². The minimum absolute atomic E-state index is 0.00779. The van der Waals surface area contributed by atoms with Gasteiger partial charge in [0.2, 0.25) is 11.9 Å². The van der Waals surface area contributed by atoms with E-state index < -0.39 is 42.3 Å². The second-order valence-corrected chi connectivity index (χ2v) is 11.2. The van der Waals surface area contributed by atoms with Gasteiger partial charge < -0.3 is 30.7 Å². The van der Waals surface area contributed by atoms with Gasteiger partial charge in [0.25, 0.3) is 5.91 Å². The fourth-order valence-corrected chi connectivity index (χ4v) is 4.51. The van der Waals surface area contributed by atoms with Gasteiger partial charge in [-0.2, -0.15) is 28.1 Å². The highest BCUT2D eigenvalue weighted by molar-refractivity contribution is 6.30. The molecule has 44 heavy (non-hydrogen) atoms. The smallest absolute Gasteiger partial charge is 0.422 e. The Morgan fingerprint density at radius 3 is 2.27 bits per heavy atom. The number of nitrogens with one attached hydrogen (secondary N) is 3. The third-order valence-corrected chi connectivity index (χ3v) is 7.08. The van der Waals surface area contributed by atoms with E-state index in [1.165, 1.54) is 24.3 Å². The van der Waals surface area contributed by atoms with Gasteiger partial charge in [-0.3, -0.25) is 4.79 Å². The number of anilines is 3. The minimum atomic E-state index is -4.60. The number of benzene rings is 2. The average Bonchev–Trinajstić information content (AvgIpc) is 3.73. The number of hydrogen-bond donors (Lipinski definition) is 4. The number of unbranched alkanes of at least 4 members (excludes halogenated alkanes) is 1. The summed E-state index contributed by atoms with van der Waals surface area (Å²) in [5, 5.41) is 18.7. The zero-order valence-corrected chi connectivity index (χ0v) is 24.9. The molecule has 1 aliphatic rings. The van der Waals surface area contributed by atoms with Crippen LogP contribution in [0, 0.1) is 0 Å². The van der Waals surface area contributed by atoms with Crippen molar-refractivity contribution in [2.24, 2.45) is 0 Å². The van der Waals surface area contributed by atoms with Crippen LogP contribution < -0.4 is 20.7 Å². The first-order valence-electron chi connectivity index (χ1n) is 13.9. The molecule has 0 spiro atoms. The molecule has 1 aliphatic carbocycles. The maximum absolute atomic E-state index is 12.9. The number of aliphatic carboxylic acids is 1. The Bertz CT molecular complexity index is 1440. The zero-order chi connectivity index (χ0) is 31.9. The van der Waals surface area contributed by atoms with Crippen molar-refractivity contribution in [1.82, 2.24) is 25.2 Å². The summed E-state index contributed by atoms with van der Waals surface area (Å²) in [5.41, 5.74) is 1.04. The molecule has 0 saturated heterocycles. The normalized spacial score (nSPS) is 14.5. The first kappa shape index (κ1) is 32.7. The van der Waals surface area contributed by atoms with E-state index in [2.05, 4.69) is 30.9 Å². The fraction of sp³-hybridized carbons (Fsp3) is 0.414. The quantitative estimate of drug-likeness (QED) is 0.164. The predicted molar refractivity (Wildman–Crippen MR) is 158 cm³/mol. The first-order chi connectivity index (χ1) is 20.8. The minimum Gasteiger partial charge on any atom is -0.480 e. The molecule has 1 saturated carbocycles. The van der Waals surface area contributed by atoms with Crippen LogP contribution in [0.5, 0.6) is 6.01 Å². The van der Waals surface area contributed by atoms with Crippen LogP contribution in [-0.2, 0) is 10.3 Å². The van der Waals surface area contributed by atoms with E-state index in [0.717, 1.165) is 31.4 Å². The van der Waals surface area contributed by atoms with Crippen molar-refractivity contribution in [2.75, 3.05) is 37.9 Å². The second-order valence-electron chi connectivity index (χ2n) is 10.7. The molecule has 4 rings (SSSR count). The zero-order valence-electron chi connectivity index (χ0n) is 24.1. The lowest BCUT2D eigenvalue weighted by Gasteiger charge is -2.19. The molecule has 1 aromatic heterocycles. The van der Waals surface area contributed by atoms with Gasteiger partial charge in [-0.05, 0) is 94.7 Å². The number of carboxylic acids is 1. The summed E-state index contributed by atoms with van der Waals surface area (Å²) in [6.45, 7) is -0.776. The molecule has 1 heterocycles. The van der Waals surface area contributed by atoms with E-state index in [9.17, 15) is 27.9 Å². The van der Waals surface area contributed by atoms with Crippen molar-refractivity contribution in [2.45, 2.75) is 49.9 Å². The lowest BCUT2D eigenvalue weighted by atomic mass is 10.1. The molecule has 0 radical (unpaired) electrons. The monoisotopic (exact) mass is 635 g/mol. The number of carbonyl (C=O) groups excluding carboxylic acids is 1. The van der Waals surface area contributed by atoms with Crippen LogP contribution in [0.3, 0.4) is 0 Å². The largest absolute Gasteiger partial charge is 0.480 e. The summed E-state index contributed by atoms with van der Waals surface area (Å²) in [6.07, 6.45) is -1.39. The highest BCUT2D eigenvalue weighted by Crippen LogP contribution is 2.48. The number of alkyl halides is 3. The number of nitrogens with zero attached hydrogens (tertiary/aromatic N) is 4. The summed E-state index contributed by atoms with van der Waals surface area (Å²) >= 11 is 6.01. The maximum Gasteiger partial charge on any atom is 0.422 e. The first-order valence-corrected chi connectivity index (χ1v) is 14.2. The average molecular weight is 636 g/mol. The number of carboxylic acid groups (broad SMARTS) is 1. The molecule has 1 amide bonds.